The van der Waals surface area contributed by atoms with Crippen LogP contribution in [-0.2, 0) is 0 Å². The molecule has 0 atom stereocenters. The molecule has 2 aromatic rings. The molecule has 1 heterocycles. The average Bonchev–Trinajstić information content (AvgIpc) is 3.16. The Kier molecular flexibility index (Phi) is 3.49. The minimum absolute atomic E-state index is 0.480. The Morgan fingerprint density at radius 3 is 2.74 bits per heavy atom. The van der Waals surface area contributed by atoms with E-state index in [-0.39, 0.29) is 0 Å². The van der Waals surface area contributed by atoms with Crippen molar-refractivity contribution < 1.29 is 0 Å². The number of hydrogen-bond acceptors (Lipinski definition) is 4. The Hall–Kier alpha value is -1.08. The van der Waals surface area contributed by atoms with Crippen molar-refractivity contribution in [2.45, 2.75) is 18.8 Å². The summed E-state index contributed by atoms with van der Waals surface area (Å²) < 4.78 is 1.04. The maximum atomic E-state index is 5.94. The number of hydrogen-bond donors (Lipinski definition) is 2. The fourth-order valence-electron chi connectivity index (χ4n) is 1.80. The van der Waals surface area contributed by atoms with Gasteiger partial charge in [-0.05, 0) is 53.6 Å². The van der Waals surface area contributed by atoms with Crippen LogP contribution >= 0.6 is 34.2 Å². The van der Waals surface area contributed by atoms with Gasteiger partial charge in [-0.2, -0.15) is 0 Å². The van der Waals surface area contributed by atoms with Gasteiger partial charge >= 0.3 is 0 Å². The molecule has 1 fully saturated rings. The normalized spacial score (nSPS) is 14.4. The van der Waals surface area contributed by atoms with E-state index in [0.717, 1.165) is 38.8 Å². The number of nitrogen functional groups attached to an aromatic ring is 1. The molecule has 1 aromatic carbocycles. The molecule has 1 aromatic heterocycles. The first kappa shape index (κ1) is 12.9. The molecule has 4 nitrogen and oxygen atoms in total. The summed E-state index contributed by atoms with van der Waals surface area (Å²) in [5, 5.41) is 3.98. The zero-order valence-electron chi connectivity index (χ0n) is 10.0. The van der Waals surface area contributed by atoms with Gasteiger partial charge in [0.2, 0.25) is 0 Å². The minimum atomic E-state index is 0.480. The lowest BCUT2D eigenvalue weighted by atomic mass is 10.3. The lowest BCUT2D eigenvalue weighted by Crippen LogP contribution is -2.03. The van der Waals surface area contributed by atoms with Crippen LogP contribution in [0.1, 0.15) is 24.6 Å². The molecular weight excluding hydrogens is 375 g/mol. The lowest BCUT2D eigenvalue weighted by molar-refractivity contribution is 0.936. The van der Waals surface area contributed by atoms with E-state index >= 15 is 0 Å². The van der Waals surface area contributed by atoms with Crippen molar-refractivity contribution in [1.82, 2.24) is 9.97 Å². The van der Waals surface area contributed by atoms with Gasteiger partial charge in [0.1, 0.15) is 17.5 Å². The van der Waals surface area contributed by atoms with Crippen LogP contribution in [0.15, 0.2) is 24.3 Å². The van der Waals surface area contributed by atoms with Crippen LogP contribution < -0.4 is 11.1 Å². The number of nitrogens with two attached hydrogens (primary N) is 1. The molecule has 1 saturated carbocycles. The number of rotatable bonds is 3. The molecule has 98 valence electrons. The summed E-state index contributed by atoms with van der Waals surface area (Å²) >= 11 is 8.18. The van der Waals surface area contributed by atoms with Gasteiger partial charge in [0, 0.05) is 20.6 Å². The highest BCUT2D eigenvalue weighted by molar-refractivity contribution is 14.1. The van der Waals surface area contributed by atoms with Crippen molar-refractivity contribution in [1.29, 1.82) is 0 Å². The topological polar surface area (TPSA) is 63.8 Å². The van der Waals surface area contributed by atoms with Crippen LogP contribution in [0.3, 0.4) is 0 Å². The van der Waals surface area contributed by atoms with Gasteiger partial charge in [0.25, 0.3) is 0 Å². The number of anilines is 3. The molecule has 0 unspecified atom stereocenters. The predicted octanol–water partition coefficient (Wildman–Crippen LogP) is 3.94. The molecule has 0 bridgehead atoms. The summed E-state index contributed by atoms with van der Waals surface area (Å²) in [6.45, 7) is 0. The van der Waals surface area contributed by atoms with Crippen LogP contribution in [-0.4, -0.2) is 9.97 Å². The van der Waals surface area contributed by atoms with E-state index in [0.29, 0.717) is 11.7 Å². The van der Waals surface area contributed by atoms with Crippen LogP contribution in [0, 0.1) is 3.57 Å². The quantitative estimate of drug-likeness (QED) is 0.784. The van der Waals surface area contributed by atoms with Crippen molar-refractivity contribution in [3.8, 4) is 0 Å². The number of benzene rings is 1. The third kappa shape index (κ3) is 3.09. The standard InChI is InChI=1S/C13H12ClIN4/c14-8-3-4-10(9(15)5-8)17-12-6-11(16)18-13(19-12)7-1-2-7/h3-7H,1-2H2,(H3,16,17,18,19). The summed E-state index contributed by atoms with van der Waals surface area (Å²) in [6, 6.07) is 7.42. The van der Waals surface area contributed by atoms with Gasteiger partial charge in [0.15, 0.2) is 0 Å². The summed E-state index contributed by atoms with van der Waals surface area (Å²) in [6.07, 6.45) is 2.31. The van der Waals surface area contributed by atoms with Crippen LogP contribution in [0.5, 0.6) is 0 Å². The van der Waals surface area contributed by atoms with Crippen molar-refractivity contribution in [2.75, 3.05) is 11.1 Å². The van der Waals surface area contributed by atoms with E-state index in [1.165, 1.54) is 0 Å². The summed E-state index contributed by atoms with van der Waals surface area (Å²) in [5.41, 5.74) is 6.79. The monoisotopic (exact) mass is 386 g/mol. The highest BCUT2D eigenvalue weighted by Crippen LogP contribution is 2.39. The van der Waals surface area contributed by atoms with Gasteiger partial charge in [0.05, 0.1) is 5.69 Å². The molecule has 1 aliphatic rings. The summed E-state index contributed by atoms with van der Waals surface area (Å²) in [4.78, 5) is 8.79. The molecule has 6 heteroatoms. The van der Waals surface area contributed by atoms with Gasteiger partial charge < -0.3 is 11.1 Å². The maximum absolute atomic E-state index is 5.94. The zero-order valence-corrected chi connectivity index (χ0v) is 12.9. The molecule has 0 radical (unpaired) electrons. The highest BCUT2D eigenvalue weighted by Gasteiger charge is 2.27. The second kappa shape index (κ2) is 5.13. The van der Waals surface area contributed by atoms with Gasteiger partial charge in [-0.15, -0.1) is 0 Å². The Morgan fingerprint density at radius 1 is 1.26 bits per heavy atom. The lowest BCUT2D eigenvalue weighted by Gasteiger charge is -2.10. The van der Waals surface area contributed by atoms with E-state index in [1.54, 1.807) is 6.07 Å². The Morgan fingerprint density at radius 2 is 2.05 bits per heavy atom. The Labute approximate surface area is 129 Å². The maximum Gasteiger partial charge on any atom is 0.136 e. The molecule has 3 rings (SSSR count). The van der Waals surface area contributed by atoms with Crippen molar-refractivity contribution >= 4 is 51.5 Å². The van der Waals surface area contributed by atoms with Crippen LogP contribution in [0.4, 0.5) is 17.3 Å². The molecule has 0 saturated heterocycles. The first-order chi connectivity index (χ1) is 9.11. The number of nitrogens with one attached hydrogen (secondary N) is 1. The third-order valence-electron chi connectivity index (χ3n) is 2.90. The molecular formula is C13H12ClIN4. The third-order valence-corrected chi connectivity index (χ3v) is 4.03. The average molecular weight is 387 g/mol. The fourth-order valence-corrected chi connectivity index (χ4v) is 2.81. The minimum Gasteiger partial charge on any atom is -0.384 e. The van der Waals surface area contributed by atoms with Gasteiger partial charge in [-0.25, -0.2) is 9.97 Å². The molecule has 3 N–H and O–H groups in total. The van der Waals surface area contributed by atoms with E-state index in [4.69, 9.17) is 17.3 Å². The van der Waals surface area contributed by atoms with Crippen molar-refractivity contribution in [3.63, 3.8) is 0 Å². The smallest absolute Gasteiger partial charge is 0.136 e. The summed E-state index contributed by atoms with van der Waals surface area (Å²) in [5.74, 6) is 2.55. The van der Waals surface area contributed by atoms with Crippen molar-refractivity contribution in [3.05, 3.63) is 38.7 Å². The SMILES string of the molecule is Nc1cc(Nc2ccc(Cl)cc2I)nc(C2CC2)n1. The largest absolute Gasteiger partial charge is 0.384 e. The molecule has 0 aliphatic heterocycles. The van der Waals surface area contributed by atoms with Gasteiger partial charge in [-0.1, -0.05) is 11.6 Å². The highest BCUT2D eigenvalue weighted by atomic mass is 127. The Balaban J connectivity index is 1.89. The van der Waals surface area contributed by atoms with E-state index in [2.05, 4.69) is 37.9 Å². The number of nitrogens with zero attached hydrogens (tertiary/aromatic N) is 2. The van der Waals surface area contributed by atoms with Crippen molar-refractivity contribution in [2.24, 2.45) is 0 Å². The molecule has 1 aliphatic carbocycles. The van der Waals surface area contributed by atoms with Crippen LogP contribution in [0.25, 0.3) is 0 Å². The van der Waals surface area contributed by atoms with E-state index in [9.17, 15) is 0 Å². The summed E-state index contributed by atoms with van der Waals surface area (Å²) in [7, 11) is 0. The predicted molar refractivity (Wildman–Crippen MR) is 85.9 cm³/mol. The van der Waals surface area contributed by atoms with E-state index < -0.39 is 0 Å². The first-order valence-electron chi connectivity index (χ1n) is 5.98. The molecule has 19 heavy (non-hydrogen) atoms. The van der Waals surface area contributed by atoms with E-state index in [1.807, 2.05) is 18.2 Å². The van der Waals surface area contributed by atoms with Crippen LogP contribution in [0.2, 0.25) is 5.02 Å². The number of aromatic nitrogens is 2. The fraction of sp³-hybridized carbons (Fsp3) is 0.231. The Bertz CT molecular complexity index is 628. The second-order valence-corrected chi connectivity index (χ2v) is 6.16. The number of halogens is 2. The molecule has 0 amide bonds. The first-order valence-corrected chi connectivity index (χ1v) is 7.44. The molecule has 0 spiro atoms. The zero-order chi connectivity index (χ0) is 13.4. The second-order valence-electron chi connectivity index (χ2n) is 4.56. The van der Waals surface area contributed by atoms with Gasteiger partial charge in [-0.3, -0.25) is 0 Å².